The number of amides is 2. The van der Waals surface area contributed by atoms with Gasteiger partial charge >= 0.3 is 11.9 Å². The number of methoxy groups -OCH3 is 1. The van der Waals surface area contributed by atoms with Gasteiger partial charge in [0, 0.05) is 12.0 Å². The van der Waals surface area contributed by atoms with E-state index in [0.717, 1.165) is 0 Å². The van der Waals surface area contributed by atoms with Gasteiger partial charge in [0.05, 0.1) is 13.2 Å². The van der Waals surface area contributed by atoms with Gasteiger partial charge in [-0.2, -0.15) is 0 Å². The van der Waals surface area contributed by atoms with Crippen LogP contribution in [0.4, 0.5) is 0 Å². The SMILES string of the molecule is COC(=O)CC[C@@H](NC(=O)[C@H](O)[C@@H](NC(=O)c1ccccc1)c1ccccc1)C(=O)O. The third-order valence-electron chi connectivity index (χ3n) is 4.55. The van der Waals surface area contributed by atoms with Gasteiger partial charge in [0.15, 0.2) is 6.10 Å². The van der Waals surface area contributed by atoms with Gasteiger partial charge in [-0.15, -0.1) is 0 Å². The first kappa shape index (κ1) is 23.6. The maximum Gasteiger partial charge on any atom is 0.326 e. The molecule has 2 aromatic rings. The van der Waals surface area contributed by atoms with Crippen LogP contribution in [0.3, 0.4) is 0 Å². The molecule has 164 valence electrons. The Morgan fingerprint density at radius 1 is 0.935 bits per heavy atom. The van der Waals surface area contributed by atoms with Crippen molar-refractivity contribution >= 4 is 23.8 Å². The number of rotatable bonds is 10. The molecule has 0 saturated carbocycles. The second-order valence-electron chi connectivity index (χ2n) is 6.69. The van der Waals surface area contributed by atoms with Gasteiger partial charge in [-0.25, -0.2) is 4.79 Å². The molecule has 0 fully saturated rings. The van der Waals surface area contributed by atoms with E-state index in [4.69, 9.17) is 0 Å². The number of aliphatic hydroxyl groups excluding tert-OH is 1. The molecule has 0 heterocycles. The first-order chi connectivity index (χ1) is 14.8. The van der Waals surface area contributed by atoms with Crippen molar-refractivity contribution in [2.75, 3.05) is 7.11 Å². The van der Waals surface area contributed by atoms with E-state index in [1.807, 2.05) is 0 Å². The maximum atomic E-state index is 12.6. The minimum atomic E-state index is -1.78. The number of nitrogens with one attached hydrogen (secondary N) is 2. The predicted octanol–water partition coefficient (Wildman–Crippen LogP) is 1.04. The number of carbonyl (C=O) groups excluding carboxylic acids is 3. The quantitative estimate of drug-likeness (QED) is 0.414. The minimum Gasteiger partial charge on any atom is -0.480 e. The van der Waals surface area contributed by atoms with Crippen LogP contribution in [-0.2, 0) is 19.1 Å². The summed E-state index contributed by atoms with van der Waals surface area (Å²) in [6.45, 7) is 0. The number of benzene rings is 2. The van der Waals surface area contributed by atoms with Crippen LogP contribution in [0.1, 0.15) is 34.8 Å². The van der Waals surface area contributed by atoms with Crippen molar-refractivity contribution in [3.63, 3.8) is 0 Å². The van der Waals surface area contributed by atoms with Crippen molar-refractivity contribution in [2.45, 2.75) is 31.0 Å². The first-order valence-corrected chi connectivity index (χ1v) is 9.52. The molecule has 9 heteroatoms. The van der Waals surface area contributed by atoms with Crippen LogP contribution in [0.25, 0.3) is 0 Å². The Balaban J connectivity index is 2.18. The van der Waals surface area contributed by atoms with Gasteiger partial charge in [-0.3, -0.25) is 14.4 Å². The van der Waals surface area contributed by atoms with Crippen molar-refractivity contribution in [1.82, 2.24) is 10.6 Å². The fourth-order valence-electron chi connectivity index (χ4n) is 2.85. The van der Waals surface area contributed by atoms with Gasteiger partial charge in [-0.1, -0.05) is 48.5 Å². The Bertz CT molecular complexity index is 903. The molecule has 0 bridgehead atoms. The molecule has 0 aliphatic carbocycles. The van der Waals surface area contributed by atoms with Gasteiger partial charge in [0.1, 0.15) is 6.04 Å². The van der Waals surface area contributed by atoms with Crippen molar-refractivity contribution in [3.05, 3.63) is 71.8 Å². The number of carboxylic acids is 1. The van der Waals surface area contributed by atoms with E-state index in [1.54, 1.807) is 60.7 Å². The Hall–Kier alpha value is -3.72. The van der Waals surface area contributed by atoms with Gasteiger partial charge < -0.3 is 25.6 Å². The molecule has 0 spiro atoms. The van der Waals surface area contributed by atoms with Crippen molar-refractivity contribution in [2.24, 2.45) is 0 Å². The maximum absolute atomic E-state index is 12.6. The van der Waals surface area contributed by atoms with E-state index < -0.39 is 41.9 Å². The summed E-state index contributed by atoms with van der Waals surface area (Å²) >= 11 is 0. The molecule has 31 heavy (non-hydrogen) atoms. The lowest BCUT2D eigenvalue weighted by Crippen LogP contribution is -2.50. The smallest absolute Gasteiger partial charge is 0.326 e. The lowest BCUT2D eigenvalue weighted by atomic mass is 9.99. The third-order valence-corrected chi connectivity index (χ3v) is 4.55. The molecular formula is C22H24N2O7. The molecular weight excluding hydrogens is 404 g/mol. The molecule has 0 radical (unpaired) electrons. The highest BCUT2D eigenvalue weighted by atomic mass is 16.5. The van der Waals surface area contributed by atoms with E-state index in [-0.39, 0.29) is 12.8 Å². The summed E-state index contributed by atoms with van der Waals surface area (Å²) < 4.78 is 4.47. The average molecular weight is 428 g/mol. The predicted molar refractivity (Wildman–Crippen MR) is 110 cm³/mol. The van der Waals surface area contributed by atoms with Crippen LogP contribution < -0.4 is 10.6 Å². The molecule has 0 saturated heterocycles. The number of carboxylic acid groups (broad SMARTS) is 1. The second-order valence-corrected chi connectivity index (χ2v) is 6.69. The number of esters is 1. The van der Waals surface area contributed by atoms with E-state index in [2.05, 4.69) is 15.4 Å². The highest BCUT2D eigenvalue weighted by Gasteiger charge is 2.32. The summed E-state index contributed by atoms with van der Waals surface area (Å²) in [7, 11) is 1.17. The van der Waals surface area contributed by atoms with E-state index in [1.165, 1.54) is 7.11 Å². The Morgan fingerprint density at radius 3 is 2.06 bits per heavy atom. The average Bonchev–Trinajstić information content (AvgIpc) is 2.80. The molecule has 0 aromatic heterocycles. The third kappa shape index (κ3) is 6.93. The number of aliphatic hydroxyl groups is 1. The first-order valence-electron chi connectivity index (χ1n) is 9.52. The summed E-state index contributed by atoms with van der Waals surface area (Å²) in [5.41, 5.74) is 0.786. The topological polar surface area (TPSA) is 142 Å². The zero-order valence-electron chi connectivity index (χ0n) is 16.9. The fraction of sp³-hybridized carbons (Fsp3) is 0.273. The van der Waals surface area contributed by atoms with Crippen molar-refractivity contribution in [1.29, 1.82) is 0 Å². The Morgan fingerprint density at radius 2 is 1.52 bits per heavy atom. The number of ether oxygens (including phenoxy) is 1. The van der Waals surface area contributed by atoms with Crippen LogP contribution in [0.5, 0.6) is 0 Å². The Labute approximate surface area is 179 Å². The highest BCUT2D eigenvalue weighted by Crippen LogP contribution is 2.18. The lowest BCUT2D eigenvalue weighted by Gasteiger charge is -2.25. The van der Waals surface area contributed by atoms with E-state index in [9.17, 15) is 29.4 Å². The van der Waals surface area contributed by atoms with Gasteiger partial charge in [-0.05, 0) is 24.1 Å². The fourth-order valence-corrected chi connectivity index (χ4v) is 2.85. The number of hydrogen-bond acceptors (Lipinski definition) is 6. The normalized spacial score (nSPS) is 13.4. The highest BCUT2D eigenvalue weighted by molar-refractivity contribution is 5.95. The minimum absolute atomic E-state index is 0.215. The van der Waals surface area contributed by atoms with Crippen LogP contribution in [0, 0.1) is 0 Å². The van der Waals surface area contributed by atoms with Crippen molar-refractivity contribution in [3.8, 4) is 0 Å². The summed E-state index contributed by atoms with van der Waals surface area (Å²) in [5, 5.41) is 24.8. The standard InChI is InChI=1S/C22H24N2O7/c1-31-17(25)13-12-16(22(29)30)23-21(28)19(26)18(14-8-4-2-5-9-14)24-20(27)15-10-6-3-7-11-15/h2-11,16,18-19,26H,12-13H2,1H3,(H,23,28)(H,24,27)(H,29,30)/t16-,18+,19-/m1/s1. The number of aliphatic carboxylic acids is 1. The molecule has 0 unspecified atom stereocenters. The number of carbonyl (C=O) groups is 4. The second kappa shape index (κ2) is 11.5. The summed E-state index contributed by atoms with van der Waals surface area (Å²) in [4.78, 5) is 47.9. The van der Waals surface area contributed by atoms with Crippen LogP contribution in [-0.4, -0.2) is 53.2 Å². The van der Waals surface area contributed by atoms with Crippen LogP contribution in [0.15, 0.2) is 60.7 Å². The molecule has 9 nitrogen and oxygen atoms in total. The monoisotopic (exact) mass is 428 g/mol. The number of hydrogen-bond donors (Lipinski definition) is 4. The zero-order chi connectivity index (χ0) is 22.8. The lowest BCUT2D eigenvalue weighted by molar-refractivity contribution is -0.145. The van der Waals surface area contributed by atoms with E-state index >= 15 is 0 Å². The summed E-state index contributed by atoms with van der Waals surface area (Å²) in [6, 6.07) is 14.0. The van der Waals surface area contributed by atoms with Crippen molar-refractivity contribution < 1.29 is 34.1 Å². The Kier molecular flexibility index (Phi) is 8.71. The summed E-state index contributed by atoms with van der Waals surface area (Å²) in [5.74, 6) is -3.51. The molecule has 2 amide bonds. The molecule has 4 N–H and O–H groups in total. The van der Waals surface area contributed by atoms with E-state index in [0.29, 0.717) is 11.1 Å². The summed E-state index contributed by atoms with van der Waals surface area (Å²) in [6.07, 6.45) is -2.22. The van der Waals surface area contributed by atoms with Crippen LogP contribution in [0.2, 0.25) is 0 Å². The van der Waals surface area contributed by atoms with Gasteiger partial charge in [0.2, 0.25) is 0 Å². The molecule has 2 aromatic carbocycles. The zero-order valence-corrected chi connectivity index (χ0v) is 16.9. The molecule has 0 aliphatic rings. The molecule has 3 atom stereocenters. The molecule has 2 rings (SSSR count). The van der Waals surface area contributed by atoms with Crippen LogP contribution >= 0.6 is 0 Å². The largest absolute Gasteiger partial charge is 0.480 e. The van der Waals surface area contributed by atoms with Gasteiger partial charge in [0.25, 0.3) is 11.8 Å². The molecule has 0 aliphatic heterocycles.